The summed E-state index contributed by atoms with van der Waals surface area (Å²) in [6.07, 6.45) is 1.68. The van der Waals surface area contributed by atoms with Gasteiger partial charge in [0.05, 0.1) is 0 Å². The van der Waals surface area contributed by atoms with E-state index in [9.17, 15) is 9.59 Å². The third-order valence-electron chi connectivity index (χ3n) is 3.42. The number of nitrogens with zero attached hydrogens (tertiary/aromatic N) is 1. The van der Waals surface area contributed by atoms with Gasteiger partial charge in [-0.05, 0) is 29.7 Å². The van der Waals surface area contributed by atoms with Gasteiger partial charge < -0.3 is 16.0 Å². The summed E-state index contributed by atoms with van der Waals surface area (Å²) < 4.78 is 0. The Balaban J connectivity index is 1.79. The number of hydrogen-bond acceptors (Lipinski definition) is 4. The van der Waals surface area contributed by atoms with Crippen molar-refractivity contribution < 1.29 is 9.59 Å². The van der Waals surface area contributed by atoms with Crippen molar-refractivity contribution in [2.24, 2.45) is 0 Å². The first-order valence-corrected chi connectivity index (χ1v) is 7.91. The lowest BCUT2D eigenvalue weighted by molar-refractivity contribution is -0.136. The van der Waals surface area contributed by atoms with Crippen LogP contribution in [-0.2, 0) is 9.59 Å². The van der Waals surface area contributed by atoms with E-state index in [-0.39, 0.29) is 5.92 Å². The molecule has 0 radical (unpaired) electrons. The van der Waals surface area contributed by atoms with Crippen molar-refractivity contribution in [1.29, 1.82) is 0 Å². The number of rotatable bonds is 6. The number of nitrogens with one attached hydrogen (secondary N) is 3. The Morgan fingerprint density at radius 1 is 1.00 bits per heavy atom. The van der Waals surface area contributed by atoms with Gasteiger partial charge in [-0.25, -0.2) is 4.98 Å². The predicted molar refractivity (Wildman–Crippen MR) is 94.9 cm³/mol. The van der Waals surface area contributed by atoms with Gasteiger partial charge >= 0.3 is 11.8 Å². The third kappa shape index (κ3) is 5.08. The number of hydrogen-bond donors (Lipinski definition) is 3. The van der Waals surface area contributed by atoms with Crippen LogP contribution in [0, 0.1) is 0 Å². The zero-order chi connectivity index (χ0) is 17.4. The number of anilines is 2. The van der Waals surface area contributed by atoms with Crippen molar-refractivity contribution in [2.45, 2.75) is 19.8 Å². The molecule has 2 aromatic rings. The van der Waals surface area contributed by atoms with Crippen LogP contribution in [0.5, 0.6) is 0 Å². The molecule has 0 unspecified atom stereocenters. The summed E-state index contributed by atoms with van der Waals surface area (Å²) in [5.41, 5.74) is 1.66. The summed E-state index contributed by atoms with van der Waals surface area (Å²) in [5.74, 6) is -0.341. The van der Waals surface area contributed by atoms with Gasteiger partial charge in [-0.2, -0.15) is 0 Å². The van der Waals surface area contributed by atoms with E-state index in [1.54, 1.807) is 12.3 Å². The highest BCUT2D eigenvalue weighted by molar-refractivity contribution is 6.39. The van der Waals surface area contributed by atoms with Crippen molar-refractivity contribution in [3.05, 3.63) is 54.2 Å². The minimum absolute atomic E-state index is 0.257. The lowest BCUT2D eigenvalue weighted by Gasteiger charge is -2.13. The molecule has 126 valence electrons. The van der Waals surface area contributed by atoms with Crippen LogP contribution in [0.3, 0.4) is 0 Å². The summed E-state index contributed by atoms with van der Waals surface area (Å²) in [6.45, 7) is 4.88. The standard InChI is InChI=1S/C18H22N4O2/c1-13(2)14-7-3-4-8-15(14)22-18(24)17(23)21-12-11-20-16-9-5-6-10-19-16/h3-10,13H,11-12H2,1-2H3,(H,19,20)(H,21,23)(H,22,24). The van der Waals surface area contributed by atoms with Crippen molar-refractivity contribution in [2.75, 3.05) is 23.7 Å². The molecule has 3 N–H and O–H groups in total. The molecule has 0 fully saturated rings. The van der Waals surface area contributed by atoms with E-state index < -0.39 is 11.8 Å². The fourth-order valence-corrected chi connectivity index (χ4v) is 2.21. The van der Waals surface area contributed by atoms with E-state index in [1.165, 1.54) is 0 Å². The minimum Gasteiger partial charge on any atom is -0.368 e. The molecule has 6 heteroatoms. The predicted octanol–water partition coefficient (Wildman–Crippen LogP) is 2.37. The number of carbonyl (C=O) groups is 2. The molecule has 2 amide bonds. The van der Waals surface area contributed by atoms with Crippen molar-refractivity contribution in [3.8, 4) is 0 Å². The lowest BCUT2D eigenvalue weighted by Crippen LogP contribution is -2.38. The maximum atomic E-state index is 12.0. The van der Waals surface area contributed by atoms with Crippen LogP contribution in [0.2, 0.25) is 0 Å². The molecule has 0 bridgehead atoms. The average molecular weight is 326 g/mol. The molecular formula is C18H22N4O2. The first-order valence-electron chi connectivity index (χ1n) is 7.91. The van der Waals surface area contributed by atoms with E-state index in [2.05, 4.69) is 20.9 Å². The zero-order valence-corrected chi connectivity index (χ0v) is 13.9. The summed E-state index contributed by atoms with van der Waals surface area (Å²) in [4.78, 5) is 28.0. The molecule has 0 aliphatic carbocycles. The molecule has 0 aliphatic rings. The summed E-state index contributed by atoms with van der Waals surface area (Å²) in [6, 6.07) is 13.0. The van der Waals surface area contributed by atoms with Crippen molar-refractivity contribution in [1.82, 2.24) is 10.3 Å². The second-order valence-corrected chi connectivity index (χ2v) is 5.59. The number of pyridine rings is 1. The highest BCUT2D eigenvalue weighted by Crippen LogP contribution is 2.23. The van der Waals surface area contributed by atoms with Gasteiger partial charge in [0.25, 0.3) is 0 Å². The Labute approximate surface area is 141 Å². The SMILES string of the molecule is CC(C)c1ccccc1NC(=O)C(=O)NCCNc1ccccn1. The molecule has 0 saturated carbocycles. The maximum Gasteiger partial charge on any atom is 0.313 e. The number of amides is 2. The smallest absolute Gasteiger partial charge is 0.313 e. The molecule has 1 aromatic heterocycles. The topological polar surface area (TPSA) is 83.1 Å². The second-order valence-electron chi connectivity index (χ2n) is 5.59. The van der Waals surface area contributed by atoms with E-state index in [4.69, 9.17) is 0 Å². The number of benzene rings is 1. The largest absolute Gasteiger partial charge is 0.368 e. The quantitative estimate of drug-likeness (QED) is 0.562. The van der Waals surface area contributed by atoms with Crippen LogP contribution < -0.4 is 16.0 Å². The van der Waals surface area contributed by atoms with Crippen molar-refractivity contribution in [3.63, 3.8) is 0 Å². The third-order valence-corrected chi connectivity index (χ3v) is 3.42. The average Bonchev–Trinajstić information content (AvgIpc) is 2.59. The van der Waals surface area contributed by atoms with Gasteiger partial charge in [0.15, 0.2) is 0 Å². The van der Waals surface area contributed by atoms with E-state index in [0.717, 1.165) is 11.4 Å². The minimum atomic E-state index is -0.666. The lowest BCUT2D eigenvalue weighted by atomic mass is 10.0. The molecule has 0 atom stereocenters. The Hall–Kier alpha value is -2.89. The number of para-hydroxylation sites is 1. The Bertz CT molecular complexity index is 686. The molecule has 1 heterocycles. The van der Waals surface area contributed by atoms with Crippen LogP contribution in [0.1, 0.15) is 25.3 Å². The Morgan fingerprint density at radius 3 is 2.46 bits per heavy atom. The molecule has 0 spiro atoms. The van der Waals surface area contributed by atoms with E-state index in [0.29, 0.717) is 18.8 Å². The fraction of sp³-hybridized carbons (Fsp3) is 0.278. The normalized spacial score (nSPS) is 10.3. The van der Waals surface area contributed by atoms with Gasteiger partial charge in [0.2, 0.25) is 0 Å². The zero-order valence-electron chi connectivity index (χ0n) is 13.9. The van der Waals surface area contributed by atoms with Gasteiger partial charge in [0, 0.05) is 25.0 Å². The van der Waals surface area contributed by atoms with Crippen molar-refractivity contribution >= 4 is 23.3 Å². The van der Waals surface area contributed by atoms with Crippen LogP contribution in [-0.4, -0.2) is 29.9 Å². The molecular weight excluding hydrogens is 304 g/mol. The number of carbonyl (C=O) groups excluding carboxylic acids is 2. The van der Waals surface area contributed by atoms with Gasteiger partial charge in [-0.15, -0.1) is 0 Å². The van der Waals surface area contributed by atoms with Gasteiger partial charge in [0.1, 0.15) is 5.82 Å². The molecule has 0 aliphatic heterocycles. The van der Waals surface area contributed by atoms with E-state index in [1.807, 2.05) is 50.2 Å². The van der Waals surface area contributed by atoms with Gasteiger partial charge in [-0.3, -0.25) is 9.59 Å². The highest BCUT2D eigenvalue weighted by Gasteiger charge is 2.15. The number of aromatic nitrogens is 1. The fourth-order valence-electron chi connectivity index (χ4n) is 2.21. The Kier molecular flexibility index (Phi) is 6.31. The van der Waals surface area contributed by atoms with Crippen LogP contribution >= 0.6 is 0 Å². The van der Waals surface area contributed by atoms with Crippen LogP contribution in [0.25, 0.3) is 0 Å². The van der Waals surface area contributed by atoms with Crippen LogP contribution in [0.4, 0.5) is 11.5 Å². The first-order chi connectivity index (χ1) is 11.6. The summed E-state index contributed by atoms with van der Waals surface area (Å²) in [5, 5.41) is 8.30. The molecule has 24 heavy (non-hydrogen) atoms. The highest BCUT2D eigenvalue weighted by atomic mass is 16.2. The summed E-state index contributed by atoms with van der Waals surface area (Å²) >= 11 is 0. The van der Waals surface area contributed by atoms with E-state index >= 15 is 0 Å². The molecule has 6 nitrogen and oxygen atoms in total. The monoisotopic (exact) mass is 326 g/mol. The van der Waals surface area contributed by atoms with Crippen LogP contribution in [0.15, 0.2) is 48.7 Å². The first kappa shape index (κ1) is 17.5. The summed E-state index contributed by atoms with van der Waals surface area (Å²) in [7, 11) is 0. The molecule has 1 aromatic carbocycles. The molecule has 2 rings (SSSR count). The maximum absolute atomic E-state index is 12.0. The second kappa shape index (κ2) is 8.67. The van der Waals surface area contributed by atoms with Gasteiger partial charge in [-0.1, -0.05) is 38.1 Å². The molecule has 0 saturated heterocycles. The Morgan fingerprint density at radius 2 is 1.75 bits per heavy atom.